The van der Waals surface area contributed by atoms with E-state index in [1.165, 1.54) is 16.8 Å². The minimum Gasteiger partial charge on any atom is -0.369 e. The van der Waals surface area contributed by atoms with E-state index in [9.17, 15) is 14.4 Å². The van der Waals surface area contributed by atoms with Crippen molar-refractivity contribution in [2.45, 2.75) is 70.3 Å². The van der Waals surface area contributed by atoms with Crippen LogP contribution >= 0.6 is 0 Å². The molecule has 2 saturated heterocycles. The number of nitrogens with one attached hydrogen (secondary N) is 2. The monoisotopic (exact) mass is 725 g/mol. The fourth-order valence-corrected chi connectivity index (χ4v) is 8.20. The molecule has 2 atom stereocenters. The summed E-state index contributed by atoms with van der Waals surface area (Å²) in [7, 11) is 0. The molecule has 54 heavy (non-hydrogen) atoms. The molecule has 278 valence electrons. The Balaban J connectivity index is 0.870. The van der Waals surface area contributed by atoms with Crippen molar-refractivity contribution in [2.75, 3.05) is 42.9 Å². The Kier molecular flexibility index (Phi) is 10.1. The zero-order valence-electron chi connectivity index (χ0n) is 30.8. The lowest BCUT2D eigenvalue weighted by Gasteiger charge is -2.36. The average Bonchev–Trinajstić information content (AvgIpc) is 3.73. The second kappa shape index (κ2) is 15.4. The lowest BCUT2D eigenvalue weighted by atomic mass is 9.90. The molecular weight excluding hydrogens is 679 g/mol. The van der Waals surface area contributed by atoms with Gasteiger partial charge in [0.1, 0.15) is 5.39 Å². The van der Waals surface area contributed by atoms with Crippen LogP contribution in [0.5, 0.6) is 0 Å². The molecule has 3 aliphatic rings. The Morgan fingerprint density at radius 1 is 0.926 bits per heavy atom. The van der Waals surface area contributed by atoms with E-state index in [-0.39, 0.29) is 23.3 Å². The number of fused-ring (bicyclic) bond motifs is 2. The molecule has 5 aromatic rings. The molecule has 0 bridgehead atoms. The van der Waals surface area contributed by atoms with Crippen molar-refractivity contribution in [3.05, 3.63) is 112 Å². The van der Waals surface area contributed by atoms with Crippen LogP contribution in [0, 0.1) is 0 Å². The van der Waals surface area contributed by atoms with Crippen LogP contribution in [0.15, 0.2) is 84.3 Å². The van der Waals surface area contributed by atoms with Gasteiger partial charge in [0.05, 0.1) is 12.5 Å². The molecule has 0 radical (unpaired) electrons. The molecule has 5 heterocycles. The molecule has 2 amide bonds. The van der Waals surface area contributed by atoms with E-state index in [0.717, 1.165) is 81.8 Å². The zero-order chi connectivity index (χ0) is 37.2. The predicted molar refractivity (Wildman–Crippen MR) is 211 cm³/mol. The molecule has 8 rings (SSSR count). The third-order valence-corrected chi connectivity index (χ3v) is 11.3. The molecular formula is C42H47N9O3. The summed E-state index contributed by atoms with van der Waals surface area (Å²) in [5.74, 6) is 0.909. The highest BCUT2D eigenvalue weighted by atomic mass is 16.2. The van der Waals surface area contributed by atoms with Gasteiger partial charge in [-0.1, -0.05) is 43.3 Å². The average molecular weight is 726 g/mol. The van der Waals surface area contributed by atoms with Crippen molar-refractivity contribution < 1.29 is 9.59 Å². The minimum atomic E-state index is -0.236. The largest absolute Gasteiger partial charge is 0.369 e. The Morgan fingerprint density at radius 3 is 2.46 bits per heavy atom. The molecule has 12 heteroatoms. The van der Waals surface area contributed by atoms with E-state index >= 15 is 0 Å². The van der Waals surface area contributed by atoms with Crippen LogP contribution in [0.2, 0.25) is 0 Å². The third-order valence-electron chi connectivity index (χ3n) is 11.3. The van der Waals surface area contributed by atoms with Gasteiger partial charge in [-0.3, -0.25) is 24.6 Å². The van der Waals surface area contributed by atoms with Gasteiger partial charge in [0.2, 0.25) is 17.8 Å². The molecule has 12 nitrogen and oxygen atoms in total. The topological polar surface area (TPSA) is 130 Å². The first kappa shape index (κ1) is 35.4. The Morgan fingerprint density at radius 2 is 1.72 bits per heavy atom. The van der Waals surface area contributed by atoms with Gasteiger partial charge in [-0.25, -0.2) is 19.3 Å². The van der Waals surface area contributed by atoms with Gasteiger partial charge in [-0.15, -0.1) is 6.58 Å². The fourth-order valence-electron chi connectivity index (χ4n) is 8.20. The van der Waals surface area contributed by atoms with Crippen LogP contribution in [0.25, 0.3) is 16.9 Å². The second-order valence-electron chi connectivity index (χ2n) is 14.6. The minimum absolute atomic E-state index is 0.173. The molecule has 2 N–H and O–H groups in total. The Bertz CT molecular complexity index is 2230. The number of carbonyl (C=O) groups excluding carboxylic acids is 2. The molecule has 3 aromatic heterocycles. The number of aryl methyl sites for hydroxylation is 2. The lowest BCUT2D eigenvalue weighted by molar-refractivity contribution is -0.134. The van der Waals surface area contributed by atoms with Gasteiger partial charge in [-0.05, 0) is 92.1 Å². The van der Waals surface area contributed by atoms with Gasteiger partial charge < -0.3 is 10.2 Å². The molecule has 2 aliphatic heterocycles. The number of allylic oxidation sites excluding steroid dienone is 1. The van der Waals surface area contributed by atoms with E-state index in [1.807, 2.05) is 35.0 Å². The number of aromatic nitrogens is 5. The number of pyridine rings is 1. The lowest BCUT2D eigenvalue weighted by Crippen LogP contribution is -2.46. The number of benzene rings is 2. The maximum Gasteiger partial charge on any atom is 0.278 e. The molecule has 1 aliphatic carbocycles. The normalized spacial score (nSPS) is 18.9. The number of hydrogen-bond acceptors (Lipinski definition) is 9. The van der Waals surface area contributed by atoms with Crippen LogP contribution in [0.3, 0.4) is 0 Å². The fraction of sp³-hybridized carbons (Fsp3) is 0.381. The SMILES string of the molecule is C=CCn1c(=O)c2cnc(Nc3ccc(N4CCN(CCCc5ccc(C6CCC(=O)NC6=O)cc5)CC4)cc3)nc2n1-c1ccc2c(n1)C(CC)CC2. The van der Waals surface area contributed by atoms with E-state index in [2.05, 4.69) is 69.3 Å². The number of carbonyl (C=O) groups is 2. The van der Waals surface area contributed by atoms with Crippen molar-refractivity contribution in [2.24, 2.45) is 0 Å². The highest BCUT2D eigenvalue weighted by Crippen LogP contribution is 2.35. The summed E-state index contributed by atoms with van der Waals surface area (Å²) in [6.45, 7) is 11.4. The van der Waals surface area contributed by atoms with E-state index in [1.54, 1.807) is 17.0 Å². The maximum absolute atomic E-state index is 13.5. The van der Waals surface area contributed by atoms with Gasteiger partial charge in [-0.2, -0.15) is 4.98 Å². The van der Waals surface area contributed by atoms with Crippen molar-refractivity contribution in [1.29, 1.82) is 0 Å². The number of anilines is 3. The van der Waals surface area contributed by atoms with Crippen LogP contribution in [-0.2, 0) is 29.0 Å². The van der Waals surface area contributed by atoms with Crippen LogP contribution in [0.1, 0.15) is 73.2 Å². The summed E-state index contributed by atoms with van der Waals surface area (Å²) in [5, 5.41) is 6.24. The zero-order valence-corrected chi connectivity index (χ0v) is 30.8. The van der Waals surface area contributed by atoms with Gasteiger partial charge in [0, 0.05) is 61.8 Å². The summed E-state index contributed by atoms with van der Waals surface area (Å²) >= 11 is 0. The van der Waals surface area contributed by atoms with E-state index < -0.39 is 0 Å². The molecule has 2 fully saturated rings. The molecule has 0 saturated carbocycles. The first-order valence-corrected chi connectivity index (χ1v) is 19.2. The van der Waals surface area contributed by atoms with Crippen molar-refractivity contribution in [3.63, 3.8) is 0 Å². The molecule has 2 unspecified atom stereocenters. The van der Waals surface area contributed by atoms with Gasteiger partial charge in [0.15, 0.2) is 11.5 Å². The predicted octanol–water partition coefficient (Wildman–Crippen LogP) is 5.62. The molecule has 2 aromatic carbocycles. The highest BCUT2D eigenvalue weighted by Gasteiger charge is 2.28. The van der Waals surface area contributed by atoms with E-state index in [4.69, 9.17) is 9.97 Å². The van der Waals surface area contributed by atoms with Crippen LogP contribution < -0.4 is 21.1 Å². The number of nitrogens with zero attached hydrogens (tertiary/aromatic N) is 7. The summed E-state index contributed by atoms with van der Waals surface area (Å²) in [5.41, 5.74) is 7.03. The Hall–Kier alpha value is -5.62. The standard InChI is InChI=1S/C42H47N9O3/c1-3-21-50-41(54)35-27-43-42(47-39(35)51(50)36-19-13-31-12-11-29(4-2)38(31)45-36)44-32-14-16-33(17-15-32)49-25-23-48(24-26-49)22-5-6-28-7-9-30(10-8-28)34-18-20-37(52)46-40(34)53/h3,7-10,13-17,19,27,29,34H,1,4-6,11-12,18,20-26H2,2H3,(H,43,44,47)(H,46,52,53). The number of hydrogen-bond donors (Lipinski definition) is 2. The van der Waals surface area contributed by atoms with Crippen LogP contribution in [0.4, 0.5) is 17.3 Å². The summed E-state index contributed by atoms with van der Waals surface area (Å²) in [6.07, 6.45) is 9.52. The summed E-state index contributed by atoms with van der Waals surface area (Å²) in [4.78, 5) is 56.5. The summed E-state index contributed by atoms with van der Waals surface area (Å²) < 4.78 is 3.43. The number of piperazine rings is 1. The number of amides is 2. The summed E-state index contributed by atoms with van der Waals surface area (Å²) in [6, 6.07) is 20.8. The molecule has 0 spiro atoms. The van der Waals surface area contributed by atoms with Crippen molar-refractivity contribution in [3.8, 4) is 5.82 Å². The smallest absolute Gasteiger partial charge is 0.278 e. The Labute approximate surface area is 314 Å². The van der Waals surface area contributed by atoms with Gasteiger partial charge in [0.25, 0.3) is 5.56 Å². The van der Waals surface area contributed by atoms with Crippen molar-refractivity contribution >= 4 is 40.2 Å². The van der Waals surface area contributed by atoms with Crippen molar-refractivity contribution in [1.82, 2.24) is 34.5 Å². The maximum atomic E-state index is 13.5. The third kappa shape index (κ3) is 7.17. The quantitative estimate of drug-likeness (QED) is 0.124. The first-order chi connectivity index (χ1) is 26.4. The second-order valence-corrected chi connectivity index (χ2v) is 14.6. The first-order valence-electron chi connectivity index (χ1n) is 19.2. The van der Waals surface area contributed by atoms with Gasteiger partial charge >= 0.3 is 0 Å². The number of rotatable bonds is 12. The number of piperidine rings is 1. The van der Waals surface area contributed by atoms with Crippen LogP contribution in [-0.4, -0.2) is 73.8 Å². The van der Waals surface area contributed by atoms with E-state index in [0.29, 0.717) is 48.1 Å². The highest BCUT2D eigenvalue weighted by molar-refractivity contribution is 6.00. The number of imide groups is 1.